The number of benzene rings is 1. The van der Waals surface area contributed by atoms with E-state index in [-0.39, 0.29) is 29.9 Å². The van der Waals surface area contributed by atoms with Crippen molar-refractivity contribution in [2.24, 2.45) is 16.8 Å². The summed E-state index contributed by atoms with van der Waals surface area (Å²) in [5.74, 6) is 1.82. The van der Waals surface area contributed by atoms with E-state index in [0.717, 1.165) is 43.3 Å². The van der Waals surface area contributed by atoms with Crippen molar-refractivity contribution in [3.8, 4) is 0 Å². The number of rotatable bonds is 10. The largest absolute Gasteiger partial charge is 0.382 e. The molecule has 8 heteroatoms. The predicted molar refractivity (Wildman–Crippen MR) is 133 cm³/mol. The van der Waals surface area contributed by atoms with E-state index in [1.54, 1.807) is 7.11 Å². The van der Waals surface area contributed by atoms with E-state index in [9.17, 15) is 4.79 Å². The maximum atomic E-state index is 12.0. The first-order valence-electron chi connectivity index (χ1n) is 10.4. The van der Waals surface area contributed by atoms with Crippen LogP contribution in [0.3, 0.4) is 0 Å². The topological polar surface area (TPSA) is 75.2 Å². The lowest BCUT2D eigenvalue weighted by molar-refractivity contribution is -0.116. The Bertz CT molecular complexity index is 670. The average molecular weight is 532 g/mol. The second-order valence-corrected chi connectivity index (χ2v) is 7.92. The van der Waals surface area contributed by atoms with Gasteiger partial charge in [-0.3, -0.25) is 9.79 Å². The van der Waals surface area contributed by atoms with Gasteiger partial charge in [-0.15, -0.1) is 24.0 Å². The minimum absolute atomic E-state index is 0. The second-order valence-electron chi connectivity index (χ2n) is 7.92. The van der Waals surface area contributed by atoms with E-state index in [0.29, 0.717) is 38.0 Å². The molecule has 30 heavy (non-hydrogen) atoms. The van der Waals surface area contributed by atoms with Crippen molar-refractivity contribution in [3.05, 3.63) is 29.8 Å². The summed E-state index contributed by atoms with van der Waals surface area (Å²) in [7, 11) is 3.50. The fourth-order valence-corrected chi connectivity index (χ4v) is 3.41. The van der Waals surface area contributed by atoms with Crippen LogP contribution < -0.4 is 10.6 Å². The van der Waals surface area contributed by atoms with Crippen LogP contribution in [0.5, 0.6) is 0 Å². The first-order valence-corrected chi connectivity index (χ1v) is 10.4. The highest BCUT2D eigenvalue weighted by atomic mass is 127. The summed E-state index contributed by atoms with van der Waals surface area (Å²) < 4.78 is 10.7. The van der Waals surface area contributed by atoms with Crippen molar-refractivity contribution >= 4 is 41.5 Å². The molecule has 1 aromatic rings. The van der Waals surface area contributed by atoms with Gasteiger partial charge in [0.1, 0.15) is 0 Å². The van der Waals surface area contributed by atoms with E-state index in [1.165, 1.54) is 0 Å². The smallest absolute Gasteiger partial charge is 0.224 e. The highest BCUT2D eigenvalue weighted by molar-refractivity contribution is 14.0. The zero-order valence-electron chi connectivity index (χ0n) is 18.6. The number of amides is 1. The van der Waals surface area contributed by atoms with Gasteiger partial charge in [0, 0.05) is 51.8 Å². The minimum Gasteiger partial charge on any atom is -0.382 e. The lowest BCUT2D eigenvalue weighted by atomic mass is 10.1. The number of ether oxygens (including phenoxy) is 2. The van der Waals surface area contributed by atoms with Crippen molar-refractivity contribution in [1.82, 2.24) is 10.2 Å². The van der Waals surface area contributed by atoms with Gasteiger partial charge in [-0.25, -0.2) is 0 Å². The van der Waals surface area contributed by atoms with Gasteiger partial charge < -0.3 is 25.0 Å². The number of carbonyl (C=O) groups is 1. The van der Waals surface area contributed by atoms with Crippen LogP contribution in [0.15, 0.2) is 29.3 Å². The number of nitrogens with one attached hydrogen (secondary N) is 2. The Balaban J connectivity index is 0.00000450. The number of guanidine groups is 1. The first-order chi connectivity index (χ1) is 14.0. The van der Waals surface area contributed by atoms with Gasteiger partial charge in [0.25, 0.3) is 0 Å². The van der Waals surface area contributed by atoms with Gasteiger partial charge in [-0.05, 0) is 30.0 Å². The molecular weight excluding hydrogens is 495 g/mol. The minimum atomic E-state index is 0. The number of nitrogens with zero attached hydrogens (tertiary/aromatic N) is 2. The van der Waals surface area contributed by atoms with Crippen LogP contribution in [0.25, 0.3) is 0 Å². The Morgan fingerprint density at radius 1 is 1.33 bits per heavy atom. The van der Waals surface area contributed by atoms with Crippen molar-refractivity contribution in [2.75, 3.05) is 52.4 Å². The lowest BCUT2D eigenvalue weighted by Gasteiger charge is -2.22. The Morgan fingerprint density at radius 2 is 2.13 bits per heavy atom. The normalized spacial score (nSPS) is 16.5. The van der Waals surface area contributed by atoms with Crippen LogP contribution in [-0.2, 0) is 20.8 Å². The lowest BCUT2D eigenvalue weighted by Crippen LogP contribution is -2.39. The molecule has 1 amide bonds. The van der Waals surface area contributed by atoms with Crippen molar-refractivity contribution in [1.29, 1.82) is 0 Å². The Labute approximate surface area is 198 Å². The highest BCUT2D eigenvalue weighted by Crippen LogP contribution is 2.17. The number of hydrogen-bond donors (Lipinski definition) is 2. The SMILES string of the molecule is CN=C(NCc1cccc(NC(=O)CC(C)C)c1)N1CCC(COCCOC)C1.I. The number of hydrogen-bond acceptors (Lipinski definition) is 4. The summed E-state index contributed by atoms with van der Waals surface area (Å²) in [5, 5.41) is 6.41. The average Bonchev–Trinajstić information content (AvgIpc) is 3.14. The van der Waals surface area contributed by atoms with Gasteiger partial charge >= 0.3 is 0 Å². The van der Waals surface area contributed by atoms with E-state index in [1.807, 2.05) is 39.1 Å². The maximum Gasteiger partial charge on any atom is 0.224 e. The second kappa shape index (κ2) is 14.6. The quantitative estimate of drug-likeness (QED) is 0.209. The van der Waals surface area contributed by atoms with E-state index < -0.39 is 0 Å². The molecule has 2 rings (SSSR count). The summed E-state index contributed by atoms with van der Waals surface area (Å²) in [4.78, 5) is 18.7. The van der Waals surface area contributed by atoms with Crippen molar-refractivity contribution in [2.45, 2.75) is 33.2 Å². The fourth-order valence-electron chi connectivity index (χ4n) is 3.41. The third kappa shape index (κ3) is 9.61. The number of carbonyl (C=O) groups excluding carboxylic acids is 1. The van der Waals surface area contributed by atoms with Gasteiger partial charge in [0.05, 0.1) is 19.8 Å². The van der Waals surface area contributed by atoms with E-state index in [4.69, 9.17) is 9.47 Å². The molecule has 7 nitrogen and oxygen atoms in total. The van der Waals surface area contributed by atoms with Crippen LogP contribution in [0, 0.1) is 11.8 Å². The Hall–Kier alpha value is -1.39. The number of anilines is 1. The predicted octanol–water partition coefficient (Wildman–Crippen LogP) is 3.35. The molecule has 0 aliphatic carbocycles. The molecule has 0 bridgehead atoms. The van der Waals surface area contributed by atoms with Crippen LogP contribution in [-0.4, -0.2) is 63.8 Å². The number of methoxy groups -OCH3 is 1. The zero-order chi connectivity index (χ0) is 21.1. The van der Waals surface area contributed by atoms with Crippen LogP contribution >= 0.6 is 24.0 Å². The first kappa shape index (κ1) is 26.6. The molecule has 1 aromatic carbocycles. The van der Waals surface area contributed by atoms with Gasteiger partial charge in [-0.1, -0.05) is 26.0 Å². The molecule has 1 fully saturated rings. The van der Waals surface area contributed by atoms with Crippen molar-refractivity contribution in [3.63, 3.8) is 0 Å². The molecular formula is C22H37IN4O3. The summed E-state index contributed by atoms with van der Waals surface area (Å²) in [5.41, 5.74) is 1.94. The van der Waals surface area contributed by atoms with Crippen LogP contribution in [0.1, 0.15) is 32.3 Å². The molecule has 1 heterocycles. The number of halogens is 1. The summed E-state index contributed by atoms with van der Waals surface area (Å²) in [6.07, 6.45) is 1.63. The third-order valence-electron chi connectivity index (χ3n) is 4.84. The molecule has 170 valence electrons. The maximum absolute atomic E-state index is 12.0. The molecule has 2 N–H and O–H groups in total. The van der Waals surface area contributed by atoms with Crippen LogP contribution in [0.2, 0.25) is 0 Å². The standard InChI is InChI=1S/C22H36N4O3.HI/c1-17(2)12-21(27)25-20-7-5-6-18(13-20)14-24-22(23-3)26-9-8-19(15-26)16-29-11-10-28-4;/h5-7,13,17,19H,8-12,14-16H2,1-4H3,(H,23,24)(H,25,27);1H. The molecule has 0 radical (unpaired) electrons. The molecule has 1 aliphatic rings. The van der Waals surface area contributed by atoms with E-state index in [2.05, 4.69) is 26.6 Å². The summed E-state index contributed by atoms with van der Waals surface area (Å²) in [6, 6.07) is 7.95. The Kier molecular flexibility index (Phi) is 13.0. The zero-order valence-corrected chi connectivity index (χ0v) is 21.0. The molecule has 1 aliphatic heterocycles. The molecule has 1 atom stereocenters. The fraction of sp³-hybridized carbons (Fsp3) is 0.636. The van der Waals surface area contributed by atoms with Gasteiger partial charge in [-0.2, -0.15) is 0 Å². The number of likely N-dealkylation sites (tertiary alicyclic amines) is 1. The third-order valence-corrected chi connectivity index (χ3v) is 4.84. The molecule has 0 spiro atoms. The molecule has 1 saturated heterocycles. The van der Waals surface area contributed by atoms with Crippen LogP contribution in [0.4, 0.5) is 5.69 Å². The van der Waals surface area contributed by atoms with Crippen molar-refractivity contribution < 1.29 is 14.3 Å². The molecule has 0 aromatic heterocycles. The monoisotopic (exact) mass is 532 g/mol. The highest BCUT2D eigenvalue weighted by Gasteiger charge is 2.24. The molecule has 1 unspecified atom stereocenters. The van der Waals surface area contributed by atoms with Gasteiger partial charge in [0.15, 0.2) is 5.96 Å². The summed E-state index contributed by atoms with van der Waals surface area (Å²) in [6.45, 7) is 8.70. The summed E-state index contributed by atoms with van der Waals surface area (Å²) >= 11 is 0. The van der Waals surface area contributed by atoms with Gasteiger partial charge in [0.2, 0.25) is 5.91 Å². The number of aliphatic imine (C=N–C) groups is 1. The molecule has 0 saturated carbocycles. The van der Waals surface area contributed by atoms with E-state index >= 15 is 0 Å². The Morgan fingerprint density at radius 3 is 2.83 bits per heavy atom.